The van der Waals surface area contributed by atoms with Crippen LogP contribution >= 0.6 is 0 Å². The molecule has 0 radical (unpaired) electrons. The number of nitrogens with one attached hydrogen (secondary N) is 1. The molecule has 7 heteroatoms. The zero-order valence-corrected chi connectivity index (χ0v) is 22.7. The Kier molecular flexibility index (Phi) is 11.5. The van der Waals surface area contributed by atoms with Crippen molar-refractivity contribution >= 4 is 17.8 Å². The highest BCUT2D eigenvalue weighted by Gasteiger charge is 2.27. The van der Waals surface area contributed by atoms with Crippen molar-refractivity contribution in [2.75, 3.05) is 26.2 Å². The van der Waals surface area contributed by atoms with Crippen LogP contribution in [0.15, 0.2) is 47.8 Å². The van der Waals surface area contributed by atoms with Crippen LogP contribution in [0.25, 0.3) is 0 Å². The molecule has 0 aromatic carbocycles. The minimum absolute atomic E-state index is 0.0344. The fraction of sp³-hybridized carbons (Fsp3) is 0.621. The molecular weight excluding hydrogens is 456 g/mol. The molecule has 1 unspecified atom stereocenters. The molecule has 200 valence electrons. The predicted molar refractivity (Wildman–Crippen MR) is 142 cm³/mol. The number of carbonyl (C=O) groups is 3. The maximum Gasteiger partial charge on any atom is 0.410 e. The summed E-state index contributed by atoms with van der Waals surface area (Å²) in [5, 5.41) is 2.76. The Balaban J connectivity index is 1.80. The van der Waals surface area contributed by atoms with E-state index in [0.29, 0.717) is 38.5 Å². The number of hydrogen-bond acceptors (Lipinski definition) is 5. The maximum absolute atomic E-state index is 12.3. The van der Waals surface area contributed by atoms with E-state index in [1.807, 2.05) is 32.9 Å². The molecule has 2 amide bonds. The molecule has 1 aliphatic carbocycles. The number of amides is 2. The van der Waals surface area contributed by atoms with Crippen LogP contribution < -0.4 is 5.32 Å². The van der Waals surface area contributed by atoms with Gasteiger partial charge in [-0.2, -0.15) is 0 Å². The Morgan fingerprint density at radius 1 is 1.17 bits per heavy atom. The monoisotopic (exact) mass is 500 g/mol. The topological polar surface area (TPSA) is 84.9 Å². The van der Waals surface area contributed by atoms with Gasteiger partial charge in [-0.3, -0.25) is 9.59 Å². The Labute approximate surface area is 216 Å². The van der Waals surface area contributed by atoms with Crippen molar-refractivity contribution in [3.8, 4) is 0 Å². The van der Waals surface area contributed by atoms with Crippen molar-refractivity contribution in [2.45, 2.75) is 78.7 Å². The lowest BCUT2D eigenvalue weighted by Gasteiger charge is -2.33. The van der Waals surface area contributed by atoms with E-state index in [1.165, 1.54) is 5.57 Å². The van der Waals surface area contributed by atoms with Gasteiger partial charge in [-0.1, -0.05) is 25.7 Å². The van der Waals surface area contributed by atoms with Crippen LogP contribution in [0.3, 0.4) is 0 Å². The normalized spacial score (nSPS) is 19.9. The summed E-state index contributed by atoms with van der Waals surface area (Å²) < 4.78 is 11.5. The number of rotatable bonds is 10. The average molecular weight is 501 g/mol. The summed E-state index contributed by atoms with van der Waals surface area (Å²) >= 11 is 0. The highest BCUT2D eigenvalue weighted by molar-refractivity contribution is 5.86. The SMILES string of the molecule is C=C/C(=C\C=C(/C)C1=CCC(C(=O)NCC(=O)CC)CC1)OCC1CCN(C(=O)OC(C)(C)C)CC1. The van der Waals surface area contributed by atoms with E-state index < -0.39 is 5.60 Å². The summed E-state index contributed by atoms with van der Waals surface area (Å²) in [5.74, 6) is 1.04. The van der Waals surface area contributed by atoms with Crippen LogP contribution in [0, 0.1) is 11.8 Å². The molecule has 2 rings (SSSR count). The number of allylic oxidation sites excluding steroid dienone is 6. The Bertz CT molecular complexity index is 886. The molecule has 1 saturated heterocycles. The molecule has 1 N–H and O–H groups in total. The van der Waals surface area contributed by atoms with Gasteiger partial charge < -0.3 is 19.7 Å². The van der Waals surface area contributed by atoms with Crippen LogP contribution in [0.4, 0.5) is 4.79 Å². The molecule has 2 aliphatic rings. The number of Topliss-reactive ketones (excluding diaryl/α,β-unsaturated/α-hetero) is 1. The van der Waals surface area contributed by atoms with Gasteiger partial charge in [0.2, 0.25) is 5.91 Å². The van der Waals surface area contributed by atoms with E-state index >= 15 is 0 Å². The van der Waals surface area contributed by atoms with Crippen LogP contribution in [0.5, 0.6) is 0 Å². The molecule has 0 aromatic heterocycles. The second-order valence-electron chi connectivity index (χ2n) is 10.7. The highest BCUT2D eigenvalue weighted by Crippen LogP contribution is 2.28. The Morgan fingerprint density at radius 2 is 1.86 bits per heavy atom. The van der Waals surface area contributed by atoms with E-state index in [-0.39, 0.29) is 30.2 Å². The van der Waals surface area contributed by atoms with Gasteiger partial charge in [0.1, 0.15) is 11.4 Å². The van der Waals surface area contributed by atoms with E-state index in [1.54, 1.807) is 17.9 Å². The van der Waals surface area contributed by atoms with Crippen molar-refractivity contribution in [1.29, 1.82) is 0 Å². The molecule has 7 nitrogen and oxygen atoms in total. The zero-order chi connectivity index (χ0) is 26.7. The fourth-order valence-corrected chi connectivity index (χ4v) is 4.20. The van der Waals surface area contributed by atoms with Crippen molar-refractivity contribution in [1.82, 2.24) is 10.2 Å². The van der Waals surface area contributed by atoms with Crippen molar-refractivity contribution in [3.63, 3.8) is 0 Å². The van der Waals surface area contributed by atoms with Gasteiger partial charge >= 0.3 is 6.09 Å². The van der Waals surface area contributed by atoms with Crippen molar-refractivity contribution in [3.05, 3.63) is 47.8 Å². The molecule has 1 atom stereocenters. The number of ketones is 1. The number of carbonyl (C=O) groups excluding carboxylic acids is 3. The molecule has 0 aromatic rings. The van der Waals surface area contributed by atoms with E-state index in [9.17, 15) is 14.4 Å². The molecule has 1 aliphatic heterocycles. The lowest BCUT2D eigenvalue weighted by Crippen LogP contribution is -2.42. The fourth-order valence-electron chi connectivity index (χ4n) is 4.20. The first-order valence-corrected chi connectivity index (χ1v) is 13.1. The smallest absolute Gasteiger partial charge is 0.410 e. The standard InChI is InChI=1S/C29H44N2O5/c1-7-25(32)19-30-27(33)24-12-10-23(11-13-24)21(3)9-14-26(8-2)35-20-22-15-17-31(18-16-22)28(34)36-29(4,5)6/h8-10,14,22,24H,2,7,11-13,15-20H2,1,3-6H3,(H,30,33)/b21-9+,26-14+. The first kappa shape index (κ1) is 29.4. The number of ether oxygens (including phenoxy) is 2. The van der Waals surface area contributed by atoms with Gasteiger partial charge in [-0.15, -0.1) is 0 Å². The van der Waals surface area contributed by atoms with E-state index in [0.717, 1.165) is 37.0 Å². The van der Waals surface area contributed by atoms with Gasteiger partial charge in [0.15, 0.2) is 5.78 Å². The summed E-state index contributed by atoms with van der Waals surface area (Å²) in [6.45, 7) is 15.4. The summed E-state index contributed by atoms with van der Waals surface area (Å²) in [5.41, 5.74) is 1.90. The van der Waals surface area contributed by atoms with Gasteiger partial charge in [-0.05, 0) is 89.0 Å². The molecule has 36 heavy (non-hydrogen) atoms. The van der Waals surface area contributed by atoms with Crippen LogP contribution in [0.2, 0.25) is 0 Å². The molecule has 1 heterocycles. The van der Waals surface area contributed by atoms with Gasteiger partial charge in [0.05, 0.1) is 13.2 Å². The number of likely N-dealkylation sites (tertiary alicyclic amines) is 1. The van der Waals surface area contributed by atoms with E-state index in [4.69, 9.17) is 9.47 Å². The third-order valence-electron chi connectivity index (χ3n) is 6.59. The average Bonchev–Trinajstić information content (AvgIpc) is 2.86. The van der Waals surface area contributed by atoms with Gasteiger partial charge in [0, 0.05) is 25.4 Å². The third-order valence-corrected chi connectivity index (χ3v) is 6.59. The van der Waals surface area contributed by atoms with Gasteiger partial charge in [0.25, 0.3) is 0 Å². The molecule has 1 fully saturated rings. The number of piperidine rings is 1. The van der Waals surface area contributed by atoms with Crippen LogP contribution in [-0.2, 0) is 19.1 Å². The van der Waals surface area contributed by atoms with Crippen molar-refractivity contribution in [2.24, 2.45) is 11.8 Å². The molecular formula is C29H44N2O5. The zero-order valence-electron chi connectivity index (χ0n) is 22.7. The number of hydrogen-bond donors (Lipinski definition) is 1. The third kappa shape index (κ3) is 10.0. The lowest BCUT2D eigenvalue weighted by atomic mass is 9.86. The molecule has 0 bridgehead atoms. The minimum atomic E-state index is -0.480. The second kappa shape index (κ2) is 14.0. The predicted octanol–water partition coefficient (Wildman–Crippen LogP) is 5.49. The largest absolute Gasteiger partial charge is 0.493 e. The highest BCUT2D eigenvalue weighted by atomic mass is 16.6. The van der Waals surface area contributed by atoms with Crippen LogP contribution in [-0.4, -0.2) is 54.5 Å². The Morgan fingerprint density at radius 3 is 2.42 bits per heavy atom. The van der Waals surface area contributed by atoms with Gasteiger partial charge in [-0.25, -0.2) is 4.79 Å². The molecule has 0 saturated carbocycles. The summed E-state index contributed by atoms with van der Waals surface area (Å²) in [6, 6.07) is 0. The summed E-state index contributed by atoms with van der Waals surface area (Å²) in [7, 11) is 0. The maximum atomic E-state index is 12.3. The quantitative estimate of drug-likeness (QED) is 0.317. The summed E-state index contributed by atoms with van der Waals surface area (Å²) in [4.78, 5) is 37.7. The summed E-state index contributed by atoms with van der Waals surface area (Å²) in [6.07, 6.45) is 12.1. The van der Waals surface area contributed by atoms with Crippen LogP contribution in [0.1, 0.15) is 73.1 Å². The number of nitrogens with zero attached hydrogens (tertiary/aromatic N) is 1. The first-order chi connectivity index (χ1) is 17.0. The lowest BCUT2D eigenvalue weighted by molar-refractivity contribution is -0.128. The second-order valence-corrected chi connectivity index (χ2v) is 10.7. The Hall–Kier alpha value is -2.83. The first-order valence-electron chi connectivity index (χ1n) is 13.1. The minimum Gasteiger partial charge on any atom is -0.493 e. The molecule has 0 spiro atoms. The van der Waals surface area contributed by atoms with Crippen molar-refractivity contribution < 1.29 is 23.9 Å². The van der Waals surface area contributed by atoms with E-state index in [2.05, 4.69) is 24.9 Å².